The molecule has 0 saturated heterocycles. The normalized spacial score (nSPS) is 18.7. The number of nitrogens with one attached hydrogen (secondary N) is 1. The lowest BCUT2D eigenvalue weighted by molar-refractivity contribution is -0.149. The Labute approximate surface area is 92.4 Å². The van der Waals surface area contributed by atoms with Crippen LogP contribution in [-0.2, 0) is 9.59 Å². The van der Waals surface area contributed by atoms with Crippen LogP contribution >= 0.6 is 15.9 Å². The number of hydrogen-bond donors (Lipinski definition) is 2. The Hall–Kier alpha value is -1.63. The maximum Gasteiger partial charge on any atom is 0.354 e. The van der Waals surface area contributed by atoms with Gasteiger partial charge in [-0.25, -0.2) is 9.78 Å². The molecular weight excluding hydrogens is 268 g/mol. The number of anilines is 1. The van der Waals surface area contributed by atoms with Crippen molar-refractivity contribution in [3.8, 4) is 5.75 Å². The van der Waals surface area contributed by atoms with E-state index >= 15 is 0 Å². The highest BCUT2D eigenvalue weighted by molar-refractivity contribution is 9.10. The van der Waals surface area contributed by atoms with E-state index in [-0.39, 0.29) is 11.6 Å². The van der Waals surface area contributed by atoms with Gasteiger partial charge in [-0.3, -0.25) is 4.79 Å². The van der Waals surface area contributed by atoms with Gasteiger partial charge in [0.1, 0.15) is 0 Å². The smallest absolute Gasteiger partial charge is 0.354 e. The highest BCUT2D eigenvalue weighted by Crippen LogP contribution is 2.29. The second-order valence-electron chi connectivity index (χ2n) is 2.83. The van der Waals surface area contributed by atoms with Crippen molar-refractivity contribution in [1.82, 2.24) is 4.98 Å². The number of carbonyl (C=O) groups is 2. The van der Waals surface area contributed by atoms with Crippen LogP contribution in [0.2, 0.25) is 0 Å². The molecule has 1 aliphatic rings. The third-order valence-corrected chi connectivity index (χ3v) is 2.20. The molecule has 1 aromatic rings. The SMILES string of the molecule is O=C(O)C1Oc2cc(Br)cnc2NC1=O. The van der Waals surface area contributed by atoms with Crippen molar-refractivity contribution in [2.45, 2.75) is 6.10 Å². The molecule has 0 saturated carbocycles. The summed E-state index contributed by atoms with van der Waals surface area (Å²) in [6.45, 7) is 0. The predicted molar refractivity (Wildman–Crippen MR) is 52.6 cm³/mol. The van der Waals surface area contributed by atoms with E-state index in [1.54, 1.807) is 0 Å². The summed E-state index contributed by atoms with van der Waals surface area (Å²) < 4.78 is 5.62. The van der Waals surface area contributed by atoms with Gasteiger partial charge in [-0.2, -0.15) is 0 Å². The molecule has 6 nitrogen and oxygen atoms in total. The van der Waals surface area contributed by atoms with E-state index in [1.807, 2.05) is 0 Å². The third-order valence-electron chi connectivity index (χ3n) is 1.77. The molecule has 2 heterocycles. The summed E-state index contributed by atoms with van der Waals surface area (Å²) in [6.07, 6.45) is -0.0441. The standard InChI is InChI=1S/C8H5BrN2O4/c9-3-1-4-6(10-2-3)11-7(12)5(15-4)8(13)14/h1-2,5H,(H,13,14)(H,10,11,12). The van der Waals surface area contributed by atoms with Crippen LogP contribution in [0.15, 0.2) is 16.7 Å². The first-order valence-corrected chi connectivity index (χ1v) is 4.73. The Morgan fingerprint density at radius 3 is 3.07 bits per heavy atom. The van der Waals surface area contributed by atoms with Crippen LogP contribution in [0, 0.1) is 0 Å². The molecule has 2 N–H and O–H groups in total. The summed E-state index contributed by atoms with van der Waals surface area (Å²) in [5.41, 5.74) is 0. The van der Waals surface area contributed by atoms with Crippen molar-refractivity contribution >= 4 is 33.6 Å². The van der Waals surface area contributed by atoms with Crippen LogP contribution in [0.1, 0.15) is 0 Å². The second-order valence-corrected chi connectivity index (χ2v) is 3.74. The van der Waals surface area contributed by atoms with Crippen molar-refractivity contribution in [3.05, 3.63) is 16.7 Å². The van der Waals surface area contributed by atoms with Gasteiger partial charge in [-0.15, -0.1) is 0 Å². The molecule has 0 aliphatic carbocycles. The van der Waals surface area contributed by atoms with Crippen LogP contribution in [0.3, 0.4) is 0 Å². The van der Waals surface area contributed by atoms with Gasteiger partial charge < -0.3 is 15.2 Å². The van der Waals surface area contributed by atoms with Crippen molar-refractivity contribution in [3.63, 3.8) is 0 Å². The van der Waals surface area contributed by atoms with E-state index in [0.717, 1.165) is 0 Å². The highest BCUT2D eigenvalue weighted by Gasteiger charge is 2.34. The largest absolute Gasteiger partial charge is 0.478 e. The van der Waals surface area contributed by atoms with E-state index < -0.39 is 18.0 Å². The molecule has 1 amide bonds. The molecule has 0 spiro atoms. The molecule has 0 aromatic carbocycles. The quantitative estimate of drug-likeness (QED) is 0.732. The van der Waals surface area contributed by atoms with Crippen LogP contribution in [0.25, 0.3) is 0 Å². The average Bonchev–Trinajstić information content (AvgIpc) is 2.17. The number of amides is 1. The maximum absolute atomic E-state index is 11.2. The van der Waals surface area contributed by atoms with Crippen molar-refractivity contribution in [2.24, 2.45) is 0 Å². The minimum Gasteiger partial charge on any atom is -0.478 e. The number of rotatable bonds is 1. The van der Waals surface area contributed by atoms with E-state index in [1.165, 1.54) is 12.3 Å². The van der Waals surface area contributed by atoms with Crippen LogP contribution in [0.4, 0.5) is 5.82 Å². The van der Waals surface area contributed by atoms with E-state index in [9.17, 15) is 9.59 Å². The number of hydrogen-bond acceptors (Lipinski definition) is 4. The number of aliphatic carboxylic acids is 1. The third kappa shape index (κ3) is 1.78. The zero-order chi connectivity index (χ0) is 11.0. The van der Waals surface area contributed by atoms with Gasteiger partial charge in [0.2, 0.25) is 0 Å². The van der Waals surface area contributed by atoms with Crippen molar-refractivity contribution < 1.29 is 19.4 Å². The Bertz CT molecular complexity index is 448. The number of carboxylic acids is 1. The summed E-state index contributed by atoms with van der Waals surface area (Å²) >= 11 is 3.16. The number of halogens is 1. The minimum absolute atomic E-state index is 0.223. The van der Waals surface area contributed by atoms with Gasteiger partial charge in [0, 0.05) is 10.7 Å². The first-order chi connectivity index (χ1) is 7.08. The number of pyridine rings is 1. The molecular formula is C8H5BrN2O4. The van der Waals surface area contributed by atoms with Crippen molar-refractivity contribution in [1.29, 1.82) is 0 Å². The Kier molecular flexibility index (Phi) is 2.31. The Morgan fingerprint density at radius 1 is 1.67 bits per heavy atom. The molecule has 78 valence electrons. The van der Waals surface area contributed by atoms with E-state index in [2.05, 4.69) is 26.2 Å². The molecule has 0 radical (unpaired) electrons. The monoisotopic (exact) mass is 272 g/mol. The zero-order valence-corrected chi connectivity index (χ0v) is 8.82. The Balaban J connectivity index is 2.39. The van der Waals surface area contributed by atoms with Gasteiger partial charge in [0.15, 0.2) is 11.6 Å². The molecule has 1 unspecified atom stereocenters. The summed E-state index contributed by atoms with van der Waals surface area (Å²) in [4.78, 5) is 25.7. The number of carbonyl (C=O) groups excluding carboxylic acids is 1. The van der Waals surface area contributed by atoms with Gasteiger partial charge in [-0.05, 0) is 22.0 Å². The maximum atomic E-state index is 11.2. The van der Waals surface area contributed by atoms with Gasteiger partial charge >= 0.3 is 5.97 Å². The van der Waals surface area contributed by atoms with Crippen LogP contribution in [-0.4, -0.2) is 28.1 Å². The van der Waals surface area contributed by atoms with Crippen LogP contribution < -0.4 is 10.1 Å². The Morgan fingerprint density at radius 2 is 2.40 bits per heavy atom. The molecule has 0 fully saturated rings. The highest BCUT2D eigenvalue weighted by atomic mass is 79.9. The van der Waals surface area contributed by atoms with Gasteiger partial charge in [0.05, 0.1) is 0 Å². The molecule has 1 aromatic heterocycles. The molecule has 1 atom stereocenters. The lowest BCUT2D eigenvalue weighted by Crippen LogP contribution is -2.43. The summed E-state index contributed by atoms with van der Waals surface area (Å²) in [7, 11) is 0. The second kappa shape index (κ2) is 3.50. The number of ether oxygens (including phenoxy) is 1. The number of aromatic nitrogens is 1. The fraction of sp³-hybridized carbons (Fsp3) is 0.125. The van der Waals surface area contributed by atoms with E-state index in [0.29, 0.717) is 4.47 Å². The molecule has 2 rings (SSSR count). The fourth-order valence-electron chi connectivity index (χ4n) is 1.13. The minimum atomic E-state index is -1.52. The summed E-state index contributed by atoms with van der Waals surface area (Å²) in [5, 5.41) is 11.0. The number of fused-ring (bicyclic) bond motifs is 1. The number of nitrogens with zero attached hydrogens (tertiary/aromatic N) is 1. The topological polar surface area (TPSA) is 88.5 Å². The first kappa shape index (κ1) is 9.91. The lowest BCUT2D eigenvalue weighted by atomic mass is 10.2. The van der Waals surface area contributed by atoms with Gasteiger partial charge in [0.25, 0.3) is 12.0 Å². The molecule has 7 heteroatoms. The summed E-state index contributed by atoms with van der Waals surface area (Å²) in [5.74, 6) is -1.61. The van der Waals surface area contributed by atoms with E-state index in [4.69, 9.17) is 9.84 Å². The van der Waals surface area contributed by atoms with Crippen molar-refractivity contribution in [2.75, 3.05) is 5.32 Å². The van der Waals surface area contributed by atoms with Crippen LogP contribution in [0.5, 0.6) is 5.75 Å². The molecule has 15 heavy (non-hydrogen) atoms. The molecule has 1 aliphatic heterocycles. The zero-order valence-electron chi connectivity index (χ0n) is 7.23. The van der Waals surface area contributed by atoms with Gasteiger partial charge in [-0.1, -0.05) is 0 Å². The average molecular weight is 273 g/mol. The molecule has 0 bridgehead atoms. The lowest BCUT2D eigenvalue weighted by Gasteiger charge is -2.21. The first-order valence-electron chi connectivity index (χ1n) is 3.94. The predicted octanol–water partition coefficient (Wildman–Crippen LogP) is 0.628. The number of carboxylic acid groups (broad SMARTS) is 1. The fourth-order valence-corrected chi connectivity index (χ4v) is 1.44. The summed E-state index contributed by atoms with van der Waals surface area (Å²) in [6, 6.07) is 1.54.